The Morgan fingerprint density at radius 2 is 2.10 bits per heavy atom. The highest BCUT2D eigenvalue weighted by Gasteiger charge is 2.14. The molecular formula is C15H15F2NO3. The van der Waals surface area contributed by atoms with E-state index in [1.807, 2.05) is 0 Å². The Kier molecular flexibility index (Phi) is 4.57. The number of carbonyl (C=O) groups is 1. The maximum atomic E-state index is 13.3. The predicted molar refractivity (Wildman–Crippen MR) is 71.9 cm³/mol. The van der Waals surface area contributed by atoms with Crippen molar-refractivity contribution in [1.82, 2.24) is 5.32 Å². The second kappa shape index (κ2) is 6.39. The molecule has 1 aromatic carbocycles. The van der Waals surface area contributed by atoms with E-state index in [0.29, 0.717) is 11.8 Å². The molecule has 1 amide bonds. The quantitative estimate of drug-likeness (QED) is 0.922. The molecule has 1 N–H and O–H groups in total. The molecular weight excluding hydrogens is 280 g/mol. The van der Waals surface area contributed by atoms with E-state index in [-0.39, 0.29) is 18.4 Å². The van der Waals surface area contributed by atoms with E-state index >= 15 is 0 Å². The number of furan rings is 1. The largest absolute Gasteiger partial charge is 0.481 e. The first-order valence-corrected chi connectivity index (χ1v) is 6.39. The monoisotopic (exact) mass is 295 g/mol. The predicted octanol–water partition coefficient (Wildman–Crippen LogP) is 3.12. The molecule has 1 atom stereocenters. The van der Waals surface area contributed by atoms with Gasteiger partial charge >= 0.3 is 0 Å². The van der Waals surface area contributed by atoms with Gasteiger partial charge in [-0.15, -0.1) is 0 Å². The van der Waals surface area contributed by atoms with Crippen LogP contribution >= 0.6 is 0 Å². The summed E-state index contributed by atoms with van der Waals surface area (Å²) in [6, 6.07) is 6.12. The fourth-order valence-corrected chi connectivity index (χ4v) is 1.78. The van der Waals surface area contributed by atoms with Gasteiger partial charge in [0.25, 0.3) is 5.91 Å². The molecule has 0 aliphatic heterocycles. The van der Waals surface area contributed by atoms with Crippen molar-refractivity contribution in [3.8, 4) is 5.75 Å². The van der Waals surface area contributed by atoms with Crippen molar-refractivity contribution in [3.05, 3.63) is 53.5 Å². The molecule has 2 rings (SSSR count). The number of carbonyl (C=O) groups excluding carboxylic acids is 1. The molecule has 0 bridgehead atoms. The Bertz CT molecular complexity index is 640. The summed E-state index contributed by atoms with van der Waals surface area (Å²) in [5, 5.41) is 2.66. The highest BCUT2D eigenvalue weighted by molar-refractivity contribution is 5.77. The van der Waals surface area contributed by atoms with Crippen molar-refractivity contribution in [2.24, 2.45) is 0 Å². The number of halogens is 2. The molecule has 0 radical (unpaired) electrons. The van der Waals surface area contributed by atoms with Crippen LogP contribution in [-0.4, -0.2) is 12.5 Å². The summed E-state index contributed by atoms with van der Waals surface area (Å²) in [6.07, 6.45) is 0. The smallest absolute Gasteiger partial charge is 0.258 e. The lowest BCUT2D eigenvalue weighted by molar-refractivity contribution is -0.123. The molecule has 1 unspecified atom stereocenters. The van der Waals surface area contributed by atoms with Crippen LogP contribution in [0.4, 0.5) is 8.78 Å². The van der Waals surface area contributed by atoms with Crippen LogP contribution in [-0.2, 0) is 4.79 Å². The third-order valence-electron chi connectivity index (χ3n) is 2.82. The molecule has 0 saturated carbocycles. The van der Waals surface area contributed by atoms with E-state index in [4.69, 9.17) is 9.15 Å². The topological polar surface area (TPSA) is 51.5 Å². The molecule has 2 aromatic rings. The van der Waals surface area contributed by atoms with Gasteiger partial charge in [0.15, 0.2) is 18.2 Å². The van der Waals surface area contributed by atoms with Gasteiger partial charge in [-0.1, -0.05) is 0 Å². The summed E-state index contributed by atoms with van der Waals surface area (Å²) in [5.41, 5.74) is 0. The Hall–Kier alpha value is -2.37. The minimum absolute atomic E-state index is 0.173. The van der Waals surface area contributed by atoms with Crippen LogP contribution in [0.5, 0.6) is 5.75 Å². The van der Waals surface area contributed by atoms with Crippen LogP contribution in [0.1, 0.15) is 24.5 Å². The lowest BCUT2D eigenvalue weighted by Crippen LogP contribution is -2.31. The zero-order chi connectivity index (χ0) is 15.4. The molecule has 112 valence electrons. The Morgan fingerprint density at radius 3 is 2.71 bits per heavy atom. The summed E-state index contributed by atoms with van der Waals surface area (Å²) >= 11 is 0. The van der Waals surface area contributed by atoms with Crippen molar-refractivity contribution in [2.75, 3.05) is 6.61 Å². The third kappa shape index (κ3) is 4.05. The molecule has 0 aliphatic rings. The van der Waals surface area contributed by atoms with Crippen molar-refractivity contribution in [3.63, 3.8) is 0 Å². The average molecular weight is 295 g/mol. The molecule has 6 heteroatoms. The maximum absolute atomic E-state index is 13.3. The number of aryl methyl sites for hydroxylation is 1. The lowest BCUT2D eigenvalue weighted by Gasteiger charge is -2.12. The average Bonchev–Trinajstić information content (AvgIpc) is 2.84. The number of ether oxygens (including phenoxy) is 1. The summed E-state index contributed by atoms with van der Waals surface area (Å²) in [6.45, 7) is 3.19. The fourth-order valence-electron chi connectivity index (χ4n) is 1.78. The van der Waals surface area contributed by atoms with Gasteiger partial charge in [-0.2, -0.15) is 0 Å². The molecule has 0 saturated heterocycles. The second-order valence-electron chi connectivity index (χ2n) is 4.60. The number of hydrogen-bond donors (Lipinski definition) is 1. The fraction of sp³-hybridized carbons (Fsp3) is 0.267. The lowest BCUT2D eigenvalue weighted by atomic mass is 10.2. The van der Waals surface area contributed by atoms with Gasteiger partial charge in [-0.3, -0.25) is 4.79 Å². The van der Waals surface area contributed by atoms with E-state index < -0.39 is 17.5 Å². The Labute approximate surface area is 120 Å². The van der Waals surface area contributed by atoms with Gasteiger partial charge in [0.2, 0.25) is 0 Å². The van der Waals surface area contributed by atoms with Crippen molar-refractivity contribution >= 4 is 5.91 Å². The van der Waals surface area contributed by atoms with Crippen molar-refractivity contribution in [1.29, 1.82) is 0 Å². The van der Waals surface area contributed by atoms with Gasteiger partial charge in [0.1, 0.15) is 17.3 Å². The normalized spacial score (nSPS) is 12.0. The molecule has 0 aliphatic carbocycles. The van der Waals surface area contributed by atoms with Gasteiger partial charge in [0.05, 0.1) is 6.04 Å². The van der Waals surface area contributed by atoms with Gasteiger partial charge in [0, 0.05) is 6.07 Å². The third-order valence-corrected chi connectivity index (χ3v) is 2.82. The summed E-state index contributed by atoms with van der Waals surface area (Å²) < 4.78 is 36.4. The minimum Gasteiger partial charge on any atom is -0.481 e. The van der Waals surface area contributed by atoms with Crippen LogP contribution < -0.4 is 10.1 Å². The highest BCUT2D eigenvalue weighted by atomic mass is 19.1. The maximum Gasteiger partial charge on any atom is 0.258 e. The zero-order valence-electron chi connectivity index (χ0n) is 11.7. The van der Waals surface area contributed by atoms with Gasteiger partial charge in [-0.25, -0.2) is 8.78 Å². The number of nitrogens with one attached hydrogen (secondary N) is 1. The number of amides is 1. The number of hydrogen-bond acceptors (Lipinski definition) is 3. The zero-order valence-corrected chi connectivity index (χ0v) is 11.7. The standard InChI is InChI=1S/C15H15F2NO3/c1-9-3-5-13(21-9)10(2)18-15(19)8-20-14-6-4-11(16)7-12(14)17/h3-7,10H,8H2,1-2H3,(H,18,19). The SMILES string of the molecule is Cc1ccc(C(C)NC(=O)COc2ccc(F)cc2F)o1. The molecule has 1 heterocycles. The Morgan fingerprint density at radius 1 is 1.33 bits per heavy atom. The summed E-state index contributed by atoms with van der Waals surface area (Å²) in [4.78, 5) is 11.7. The summed E-state index contributed by atoms with van der Waals surface area (Å²) in [5.74, 6) is -0.790. The van der Waals surface area contributed by atoms with Crippen LogP contribution in [0.25, 0.3) is 0 Å². The first kappa shape index (κ1) is 15.0. The first-order chi connectivity index (χ1) is 9.95. The number of rotatable bonds is 5. The molecule has 0 spiro atoms. The van der Waals surface area contributed by atoms with Crippen molar-refractivity contribution < 1.29 is 22.7 Å². The van der Waals surface area contributed by atoms with Gasteiger partial charge < -0.3 is 14.5 Å². The highest BCUT2D eigenvalue weighted by Crippen LogP contribution is 2.18. The van der Waals surface area contributed by atoms with E-state index in [1.165, 1.54) is 0 Å². The van der Waals surface area contributed by atoms with E-state index in [9.17, 15) is 13.6 Å². The molecule has 4 nitrogen and oxygen atoms in total. The van der Waals surface area contributed by atoms with Gasteiger partial charge in [-0.05, 0) is 38.1 Å². The molecule has 1 aromatic heterocycles. The number of benzene rings is 1. The van der Waals surface area contributed by atoms with E-state index in [1.54, 1.807) is 26.0 Å². The van der Waals surface area contributed by atoms with Crippen LogP contribution in [0, 0.1) is 18.6 Å². The van der Waals surface area contributed by atoms with Crippen LogP contribution in [0.15, 0.2) is 34.7 Å². The molecule has 0 fully saturated rings. The first-order valence-electron chi connectivity index (χ1n) is 6.39. The minimum atomic E-state index is -0.850. The van der Waals surface area contributed by atoms with Crippen LogP contribution in [0.2, 0.25) is 0 Å². The van der Waals surface area contributed by atoms with Crippen molar-refractivity contribution in [2.45, 2.75) is 19.9 Å². The summed E-state index contributed by atoms with van der Waals surface area (Å²) in [7, 11) is 0. The van der Waals surface area contributed by atoms with E-state index in [0.717, 1.165) is 17.9 Å². The molecule has 21 heavy (non-hydrogen) atoms. The van der Waals surface area contributed by atoms with E-state index in [2.05, 4.69) is 5.32 Å². The second-order valence-corrected chi connectivity index (χ2v) is 4.60. The van der Waals surface area contributed by atoms with Crippen LogP contribution in [0.3, 0.4) is 0 Å². The Balaban J connectivity index is 1.87.